The molecule has 4 aliphatic rings. The zero-order valence-electron chi connectivity index (χ0n) is 19.5. The fraction of sp³-hybridized carbons (Fsp3) is 0.960. The van der Waals surface area contributed by atoms with Crippen LogP contribution in [0.25, 0.3) is 0 Å². The van der Waals surface area contributed by atoms with Crippen LogP contribution < -0.4 is 0 Å². The molecule has 0 aromatic heterocycles. The predicted molar refractivity (Wildman–Crippen MR) is 114 cm³/mol. The van der Waals surface area contributed by atoms with Crippen LogP contribution in [0.3, 0.4) is 0 Å². The van der Waals surface area contributed by atoms with Crippen molar-refractivity contribution in [2.24, 2.45) is 28.1 Å². The van der Waals surface area contributed by atoms with Gasteiger partial charge < -0.3 is 9.84 Å². The standard InChI is InChI=1S/C25H44O3/c1-8-21(4,5)23(7,16-22(6,9-2)10-3)20(26)28-25-14-18-11-19(15-25)13-24(27,12-18)17-25/h18-19,27H,8-17H2,1-7H3. The summed E-state index contributed by atoms with van der Waals surface area (Å²) in [5, 5.41) is 11.1. The van der Waals surface area contributed by atoms with Gasteiger partial charge in [0.25, 0.3) is 0 Å². The number of ether oxygens (including phenoxy) is 1. The summed E-state index contributed by atoms with van der Waals surface area (Å²) in [4.78, 5) is 13.9. The molecule has 3 unspecified atom stereocenters. The van der Waals surface area contributed by atoms with E-state index in [9.17, 15) is 9.90 Å². The van der Waals surface area contributed by atoms with Crippen LogP contribution in [0.15, 0.2) is 0 Å². The number of aliphatic hydroxyl groups is 1. The first-order valence-electron chi connectivity index (χ1n) is 11.8. The lowest BCUT2D eigenvalue weighted by Crippen LogP contribution is -2.61. The van der Waals surface area contributed by atoms with Crippen molar-refractivity contribution in [3.63, 3.8) is 0 Å². The topological polar surface area (TPSA) is 46.5 Å². The van der Waals surface area contributed by atoms with Crippen LogP contribution in [0.5, 0.6) is 0 Å². The number of carbonyl (C=O) groups excluding carboxylic acids is 1. The lowest BCUT2D eigenvalue weighted by Gasteiger charge is -2.60. The van der Waals surface area contributed by atoms with E-state index in [2.05, 4.69) is 48.5 Å². The molecule has 162 valence electrons. The predicted octanol–water partition coefficient (Wildman–Crippen LogP) is 6.27. The van der Waals surface area contributed by atoms with Gasteiger partial charge in [-0.05, 0) is 74.5 Å². The van der Waals surface area contributed by atoms with Gasteiger partial charge in [0.1, 0.15) is 5.60 Å². The van der Waals surface area contributed by atoms with Crippen molar-refractivity contribution in [1.29, 1.82) is 0 Å². The Morgan fingerprint density at radius 1 is 0.964 bits per heavy atom. The largest absolute Gasteiger partial charge is 0.459 e. The van der Waals surface area contributed by atoms with Gasteiger partial charge in [-0.3, -0.25) is 4.79 Å². The Labute approximate surface area is 173 Å². The minimum absolute atomic E-state index is 0.0157. The molecule has 0 spiro atoms. The SMILES string of the molecule is CCC(C)(CC)CC(C)(C(=O)OC12CC3CC(CC(O)(C3)C1)C2)C(C)(C)CC. The van der Waals surface area contributed by atoms with Gasteiger partial charge in [0.05, 0.1) is 11.0 Å². The van der Waals surface area contributed by atoms with E-state index in [1.165, 1.54) is 6.42 Å². The third-order valence-electron chi connectivity index (χ3n) is 9.60. The third-order valence-corrected chi connectivity index (χ3v) is 9.60. The number of hydrogen-bond acceptors (Lipinski definition) is 3. The van der Waals surface area contributed by atoms with Crippen LogP contribution in [0, 0.1) is 28.1 Å². The van der Waals surface area contributed by atoms with E-state index < -0.39 is 16.6 Å². The summed E-state index contributed by atoms with van der Waals surface area (Å²) in [5.41, 5.74) is -1.53. The van der Waals surface area contributed by atoms with Crippen LogP contribution in [-0.2, 0) is 9.53 Å². The average molecular weight is 393 g/mol. The highest BCUT2D eigenvalue weighted by atomic mass is 16.6. The Bertz CT molecular complexity index is 589. The Balaban J connectivity index is 1.88. The molecule has 4 bridgehead atoms. The molecule has 4 saturated carbocycles. The molecule has 0 heterocycles. The normalized spacial score (nSPS) is 37.0. The quantitative estimate of drug-likeness (QED) is 0.495. The molecule has 0 aromatic rings. The van der Waals surface area contributed by atoms with Crippen molar-refractivity contribution in [3.8, 4) is 0 Å². The van der Waals surface area contributed by atoms with Crippen LogP contribution >= 0.6 is 0 Å². The molecule has 0 aliphatic heterocycles. The molecule has 3 heteroatoms. The molecule has 0 amide bonds. The highest BCUT2D eigenvalue weighted by Gasteiger charge is 2.61. The van der Waals surface area contributed by atoms with Crippen LogP contribution in [-0.4, -0.2) is 22.3 Å². The van der Waals surface area contributed by atoms with Crippen LogP contribution in [0.4, 0.5) is 0 Å². The maximum atomic E-state index is 13.9. The van der Waals surface area contributed by atoms with Crippen LogP contribution in [0.2, 0.25) is 0 Å². The average Bonchev–Trinajstić information content (AvgIpc) is 2.58. The number of hydrogen-bond donors (Lipinski definition) is 1. The van der Waals surface area contributed by atoms with E-state index in [0.29, 0.717) is 18.3 Å². The summed E-state index contributed by atoms with van der Waals surface area (Å²) in [6, 6.07) is 0. The highest BCUT2D eigenvalue weighted by molar-refractivity contribution is 5.78. The lowest BCUT2D eigenvalue weighted by molar-refractivity contribution is -0.231. The summed E-state index contributed by atoms with van der Waals surface area (Å²) in [6.45, 7) is 15.6. The molecule has 3 nitrogen and oxygen atoms in total. The van der Waals surface area contributed by atoms with Gasteiger partial charge in [0.2, 0.25) is 0 Å². The Morgan fingerprint density at radius 2 is 1.50 bits per heavy atom. The molecule has 1 N–H and O–H groups in total. The molecule has 28 heavy (non-hydrogen) atoms. The second-order valence-corrected chi connectivity index (χ2v) is 12.0. The van der Waals surface area contributed by atoms with Gasteiger partial charge in [-0.2, -0.15) is 0 Å². The van der Waals surface area contributed by atoms with Crippen molar-refractivity contribution < 1.29 is 14.6 Å². The second-order valence-electron chi connectivity index (χ2n) is 12.0. The van der Waals surface area contributed by atoms with Gasteiger partial charge in [-0.15, -0.1) is 0 Å². The molecule has 3 atom stereocenters. The van der Waals surface area contributed by atoms with Gasteiger partial charge in [0.15, 0.2) is 0 Å². The maximum Gasteiger partial charge on any atom is 0.312 e. The van der Waals surface area contributed by atoms with Crippen molar-refractivity contribution >= 4 is 5.97 Å². The molecule has 4 fully saturated rings. The smallest absolute Gasteiger partial charge is 0.312 e. The molecule has 0 aromatic carbocycles. The first-order valence-corrected chi connectivity index (χ1v) is 11.8. The first kappa shape index (κ1) is 22.1. The van der Waals surface area contributed by atoms with E-state index >= 15 is 0 Å². The van der Waals surface area contributed by atoms with E-state index in [0.717, 1.165) is 51.4 Å². The molecular formula is C25H44O3. The Hall–Kier alpha value is -0.570. The fourth-order valence-corrected chi connectivity index (χ4v) is 6.89. The number of carbonyl (C=O) groups is 1. The minimum Gasteiger partial charge on any atom is -0.459 e. The third kappa shape index (κ3) is 3.66. The fourth-order valence-electron chi connectivity index (χ4n) is 6.89. The van der Waals surface area contributed by atoms with Crippen molar-refractivity contribution in [2.45, 2.75) is 124 Å². The van der Waals surface area contributed by atoms with Crippen molar-refractivity contribution in [3.05, 3.63) is 0 Å². The monoisotopic (exact) mass is 392 g/mol. The number of esters is 1. The van der Waals surface area contributed by atoms with E-state index in [1.54, 1.807) is 0 Å². The lowest BCUT2D eigenvalue weighted by atomic mass is 9.52. The van der Waals surface area contributed by atoms with Gasteiger partial charge in [0, 0.05) is 6.42 Å². The van der Waals surface area contributed by atoms with Crippen molar-refractivity contribution in [1.82, 2.24) is 0 Å². The van der Waals surface area contributed by atoms with Gasteiger partial charge in [-0.1, -0.05) is 54.4 Å². The number of rotatable bonds is 8. The maximum absolute atomic E-state index is 13.9. The molecular weight excluding hydrogens is 348 g/mol. The van der Waals surface area contributed by atoms with Crippen LogP contribution in [0.1, 0.15) is 113 Å². The second kappa shape index (κ2) is 7.00. The Kier molecular flexibility index (Phi) is 5.53. The highest BCUT2D eigenvalue weighted by Crippen LogP contribution is 2.60. The van der Waals surface area contributed by atoms with Crippen molar-refractivity contribution in [2.75, 3.05) is 0 Å². The molecule has 0 radical (unpaired) electrons. The molecule has 4 rings (SSSR count). The minimum atomic E-state index is -0.595. The zero-order valence-corrected chi connectivity index (χ0v) is 19.5. The summed E-state index contributed by atoms with van der Waals surface area (Å²) < 4.78 is 6.51. The summed E-state index contributed by atoms with van der Waals surface area (Å²) in [6.07, 6.45) is 9.54. The molecule has 0 saturated heterocycles. The van der Waals surface area contributed by atoms with E-state index in [4.69, 9.17) is 4.74 Å². The molecule has 4 aliphatic carbocycles. The Morgan fingerprint density at radius 3 is 1.93 bits per heavy atom. The summed E-state index contributed by atoms with van der Waals surface area (Å²) in [7, 11) is 0. The summed E-state index contributed by atoms with van der Waals surface area (Å²) in [5.74, 6) is 1.04. The zero-order chi connectivity index (χ0) is 21.0. The van der Waals surface area contributed by atoms with E-state index in [1.807, 2.05) is 0 Å². The first-order chi connectivity index (χ1) is 12.8. The summed E-state index contributed by atoms with van der Waals surface area (Å²) >= 11 is 0. The van der Waals surface area contributed by atoms with Gasteiger partial charge >= 0.3 is 5.97 Å². The van der Waals surface area contributed by atoms with Gasteiger partial charge in [-0.25, -0.2) is 0 Å². The van der Waals surface area contributed by atoms with E-state index in [-0.39, 0.29) is 16.8 Å².